The van der Waals surface area contributed by atoms with E-state index in [9.17, 15) is 9.18 Å². The van der Waals surface area contributed by atoms with E-state index in [-0.39, 0.29) is 10.6 Å². The number of hydrogen-bond donors (Lipinski definition) is 1. The second kappa shape index (κ2) is 8.52. The molecule has 0 atom stereocenters. The van der Waals surface area contributed by atoms with Crippen molar-refractivity contribution in [3.8, 4) is 0 Å². The van der Waals surface area contributed by atoms with Gasteiger partial charge in [0.2, 0.25) is 0 Å². The number of halogens is 2. The highest BCUT2D eigenvalue weighted by Gasteiger charge is 2.18. The molecule has 26 heavy (non-hydrogen) atoms. The molecule has 2 aromatic rings. The second-order valence-electron chi connectivity index (χ2n) is 6.43. The van der Waals surface area contributed by atoms with Gasteiger partial charge in [-0.15, -0.1) is 0 Å². The van der Waals surface area contributed by atoms with Crippen LogP contribution in [0, 0.1) is 5.82 Å². The van der Waals surface area contributed by atoms with Crippen molar-refractivity contribution in [2.75, 3.05) is 42.9 Å². The van der Waals surface area contributed by atoms with Crippen LogP contribution in [0.5, 0.6) is 0 Å². The molecule has 1 amide bonds. The van der Waals surface area contributed by atoms with E-state index < -0.39 is 11.7 Å². The predicted molar refractivity (Wildman–Crippen MR) is 105 cm³/mol. The molecule has 3 rings (SSSR count). The summed E-state index contributed by atoms with van der Waals surface area (Å²) in [6, 6.07) is 11.8. The Morgan fingerprint density at radius 2 is 1.81 bits per heavy atom. The number of piperazine rings is 1. The third-order valence-corrected chi connectivity index (χ3v) is 4.91. The van der Waals surface area contributed by atoms with Crippen molar-refractivity contribution < 1.29 is 9.18 Å². The lowest BCUT2D eigenvalue weighted by Crippen LogP contribution is -2.46. The molecular weight excluding hydrogens is 353 g/mol. The molecule has 0 unspecified atom stereocenters. The number of carbonyl (C=O) groups is 1. The maximum atomic E-state index is 13.8. The van der Waals surface area contributed by atoms with E-state index in [1.165, 1.54) is 24.6 Å². The maximum Gasteiger partial charge on any atom is 0.260 e. The molecule has 0 radical (unpaired) electrons. The molecule has 138 valence electrons. The van der Waals surface area contributed by atoms with E-state index >= 15 is 0 Å². The quantitative estimate of drug-likeness (QED) is 0.848. The summed E-state index contributed by atoms with van der Waals surface area (Å²) >= 11 is 5.94. The van der Waals surface area contributed by atoms with Crippen LogP contribution in [0.25, 0.3) is 0 Å². The van der Waals surface area contributed by atoms with E-state index in [1.54, 1.807) is 0 Å². The molecule has 0 saturated carbocycles. The van der Waals surface area contributed by atoms with Crippen LogP contribution in [-0.2, 0) is 0 Å². The second-order valence-corrected chi connectivity index (χ2v) is 6.83. The highest BCUT2D eigenvalue weighted by Crippen LogP contribution is 2.23. The van der Waals surface area contributed by atoms with Gasteiger partial charge in [0.05, 0.1) is 10.6 Å². The number of rotatable bonds is 5. The molecule has 0 aromatic heterocycles. The third kappa shape index (κ3) is 4.34. The van der Waals surface area contributed by atoms with Gasteiger partial charge >= 0.3 is 0 Å². The monoisotopic (exact) mass is 375 g/mol. The molecule has 1 aliphatic rings. The van der Waals surface area contributed by atoms with Gasteiger partial charge in [-0.05, 0) is 49.4 Å². The summed E-state index contributed by atoms with van der Waals surface area (Å²) in [6.45, 7) is 7.48. The zero-order valence-corrected chi connectivity index (χ0v) is 15.6. The number of nitrogens with zero attached hydrogens (tertiary/aromatic N) is 2. The lowest BCUT2D eigenvalue weighted by molar-refractivity contribution is 0.102. The van der Waals surface area contributed by atoms with Gasteiger partial charge in [-0.3, -0.25) is 9.69 Å². The first-order chi connectivity index (χ1) is 12.6. The van der Waals surface area contributed by atoms with Gasteiger partial charge < -0.3 is 10.2 Å². The molecule has 1 heterocycles. The van der Waals surface area contributed by atoms with Gasteiger partial charge in [0.25, 0.3) is 5.91 Å². The number of benzene rings is 2. The summed E-state index contributed by atoms with van der Waals surface area (Å²) in [7, 11) is 0. The molecule has 0 bridgehead atoms. The number of hydrogen-bond acceptors (Lipinski definition) is 3. The van der Waals surface area contributed by atoms with Crippen LogP contribution >= 0.6 is 11.6 Å². The average Bonchev–Trinajstić information content (AvgIpc) is 2.63. The normalized spacial score (nSPS) is 15.1. The fourth-order valence-electron chi connectivity index (χ4n) is 3.21. The number of amides is 1. The number of anilines is 2. The smallest absolute Gasteiger partial charge is 0.260 e. The Balaban J connectivity index is 1.62. The first-order valence-corrected chi connectivity index (χ1v) is 9.29. The average molecular weight is 376 g/mol. The number of carbonyl (C=O) groups excluding carboxylic acids is 1. The molecule has 1 saturated heterocycles. The van der Waals surface area contributed by atoms with Gasteiger partial charge in [0.15, 0.2) is 0 Å². The van der Waals surface area contributed by atoms with Crippen molar-refractivity contribution in [2.45, 2.75) is 13.3 Å². The molecule has 0 aliphatic carbocycles. The van der Waals surface area contributed by atoms with Gasteiger partial charge in [-0.25, -0.2) is 4.39 Å². The Morgan fingerprint density at radius 3 is 2.42 bits per heavy atom. The van der Waals surface area contributed by atoms with E-state index in [2.05, 4.69) is 22.0 Å². The van der Waals surface area contributed by atoms with Crippen LogP contribution in [0.3, 0.4) is 0 Å². The fourth-order valence-corrected chi connectivity index (χ4v) is 3.46. The van der Waals surface area contributed by atoms with Crippen LogP contribution in [-0.4, -0.2) is 43.5 Å². The van der Waals surface area contributed by atoms with E-state index in [4.69, 9.17) is 11.6 Å². The Kier molecular flexibility index (Phi) is 6.12. The van der Waals surface area contributed by atoms with E-state index in [0.29, 0.717) is 5.69 Å². The standard InChI is InChI=1S/C20H23ClFN3O/c1-2-10-24-11-13-25(14-12-24)16-8-6-15(7-9-16)23-20(26)19-17(21)4-3-5-18(19)22/h3-9H,2,10-14H2,1H3,(H,23,26). The van der Waals surface area contributed by atoms with Gasteiger partial charge in [0, 0.05) is 37.6 Å². The van der Waals surface area contributed by atoms with Crippen LogP contribution in [0.15, 0.2) is 42.5 Å². The Bertz CT molecular complexity index is 738. The molecule has 0 spiro atoms. The Hall–Kier alpha value is -2.11. The van der Waals surface area contributed by atoms with E-state index in [0.717, 1.165) is 38.4 Å². The molecule has 1 N–H and O–H groups in total. The lowest BCUT2D eigenvalue weighted by Gasteiger charge is -2.36. The van der Waals surface area contributed by atoms with Gasteiger partial charge in [-0.1, -0.05) is 24.6 Å². The van der Waals surface area contributed by atoms with E-state index in [1.807, 2.05) is 24.3 Å². The molecule has 2 aromatic carbocycles. The molecule has 1 fully saturated rings. The van der Waals surface area contributed by atoms with Crippen molar-refractivity contribution >= 4 is 28.9 Å². The minimum absolute atomic E-state index is 0.101. The molecule has 6 heteroatoms. The third-order valence-electron chi connectivity index (χ3n) is 4.59. The Labute approximate surface area is 158 Å². The summed E-state index contributed by atoms with van der Waals surface area (Å²) in [5.41, 5.74) is 1.61. The first-order valence-electron chi connectivity index (χ1n) is 8.91. The highest BCUT2D eigenvalue weighted by molar-refractivity contribution is 6.34. The topological polar surface area (TPSA) is 35.6 Å². The largest absolute Gasteiger partial charge is 0.369 e. The van der Waals surface area contributed by atoms with Crippen molar-refractivity contribution in [3.05, 3.63) is 58.9 Å². The van der Waals surface area contributed by atoms with Crippen molar-refractivity contribution in [2.24, 2.45) is 0 Å². The van der Waals surface area contributed by atoms with Gasteiger partial charge in [-0.2, -0.15) is 0 Å². The van der Waals surface area contributed by atoms with Crippen molar-refractivity contribution in [3.63, 3.8) is 0 Å². The van der Waals surface area contributed by atoms with Crippen LogP contribution in [0.1, 0.15) is 23.7 Å². The Morgan fingerprint density at radius 1 is 1.12 bits per heavy atom. The van der Waals surface area contributed by atoms with Crippen LogP contribution in [0.2, 0.25) is 5.02 Å². The molecule has 1 aliphatic heterocycles. The summed E-state index contributed by atoms with van der Waals surface area (Å²) in [6.07, 6.45) is 1.18. The fraction of sp³-hybridized carbons (Fsp3) is 0.350. The maximum absolute atomic E-state index is 13.8. The first kappa shape index (κ1) is 18.7. The summed E-state index contributed by atoms with van der Waals surface area (Å²) in [5, 5.41) is 2.80. The number of nitrogens with one attached hydrogen (secondary N) is 1. The van der Waals surface area contributed by atoms with Crippen LogP contribution < -0.4 is 10.2 Å². The highest BCUT2D eigenvalue weighted by atomic mass is 35.5. The SMILES string of the molecule is CCCN1CCN(c2ccc(NC(=O)c3c(F)cccc3Cl)cc2)CC1. The molecular formula is C20H23ClFN3O. The van der Waals surface area contributed by atoms with Gasteiger partial charge in [0.1, 0.15) is 5.82 Å². The minimum atomic E-state index is -0.628. The predicted octanol–water partition coefficient (Wildman–Crippen LogP) is 4.26. The summed E-state index contributed by atoms with van der Waals surface area (Å²) in [5.74, 6) is -1.18. The molecule has 4 nitrogen and oxygen atoms in total. The lowest BCUT2D eigenvalue weighted by atomic mass is 10.2. The summed E-state index contributed by atoms with van der Waals surface area (Å²) < 4.78 is 13.8. The minimum Gasteiger partial charge on any atom is -0.369 e. The zero-order chi connectivity index (χ0) is 18.5. The van der Waals surface area contributed by atoms with Crippen molar-refractivity contribution in [1.82, 2.24) is 4.90 Å². The van der Waals surface area contributed by atoms with Crippen molar-refractivity contribution in [1.29, 1.82) is 0 Å². The van der Waals surface area contributed by atoms with Crippen LogP contribution in [0.4, 0.5) is 15.8 Å². The zero-order valence-electron chi connectivity index (χ0n) is 14.8. The summed E-state index contributed by atoms with van der Waals surface area (Å²) in [4.78, 5) is 17.1.